The number of hydrogen-bond acceptors (Lipinski definition) is 3. The molecule has 6 heteroatoms. The fourth-order valence-corrected chi connectivity index (χ4v) is 4.58. The standard InChI is InChI=1S/C23H20FN3O2/c24-19-8-3-6-15-11-17(12-25-20(15)19)26-21(28)22(29)27-13-16-5-1-2-7-18(16)23(14-27)9-4-10-23/h1-3,5-8,11-12H,4,9-10,13-14H2,(H,26,28). The van der Waals surface area contributed by atoms with Gasteiger partial charge in [-0.3, -0.25) is 14.6 Å². The van der Waals surface area contributed by atoms with E-state index in [1.54, 1.807) is 23.1 Å². The van der Waals surface area contributed by atoms with Crippen LogP contribution in [0.4, 0.5) is 10.1 Å². The molecule has 1 N–H and O–H groups in total. The first-order valence-corrected chi connectivity index (χ1v) is 9.79. The summed E-state index contributed by atoms with van der Waals surface area (Å²) in [5.74, 6) is -1.67. The van der Waals surface area contributed by atoms with Gasteiger partial charge in [0.2, 0.25) is 0 Å². The van der Waals surface area contributed by atoms with E-state index in [0.717, 1.165) is 24.8 Å². The Labute approximate surface area is 167 Å². The molecule has 1 aliphatic heterocycles. The van der Waals surface area contributed by atoms with Crippen molar-refractivity contribution in [2.45, 2.75) is 31.2 Å². The van der Waals surface area contributed by atoms with Crippen LogP contribution in [0.3, 0.4) is 0 Å². The number of halogens is 1. The number of para-hydroxylation sites is 1. The van der Waals surface area contributed by atoms with Crippen molar-refractivity contribution in [1.82, 2.24) is 9.88 Å². The van der Waals surface area contributed by atoms with E-state index in [-0.39, 0.29) is 10.9 Å². The van der Waals surface area contributed by atoms with Crippen LogP contribution in [0.15, 0.2) is 54.7 Å². The van der Waals surface area contributed by atoms with Crippen LogP contribution < -0.4 is 5.32 Å². The lowest BCUT2D eigenvalue weighted by molar-refractivity contribution is -0.145. The monoisotopic (exact) mass is 389 g/mol. The van der Waals surface area contributed by atoms with E-state index < -0.39 is 17.6 Å². The number of fused-ring (bicyclic) bond motifs is 3. The van der Waals surface area contributed by atoms with Gasteiger partial charge in [0, 0.05) is 23.9 Å². The number of carbonyl (C=O) groups is 2. The fourth-order valence-electron chi connectivity index (χ4n) is 4.58. The predicted octanol–water partition coefficient (Wildman–Crippen LogP) is 3.78. The van der Waals surface area contributed by atoms with Crippen molar-refractivity contribution in [3.05, 3.63) is 71.7 Å². The van der Waals surface area contributed by atoms with Gasteiger partial charge in [-0.2, -0.15) is 0 Å². The number of hydrogen-bond donors (Lipinski definition) is 1. The third-order valence-electron chi connectivity index (χ3n) is 6.16. The average molecular weight is 389 g/mol. The van der Waals surface area contributed by atoms with Gasteiger partial charge in [0.1, 0.15) is 11.3 Å². The van der Waals surface area contributed by atoms with Crippen molar-refractivity contribution in [2.75, 3.05) is 11.9 Å². The molecule has 0 saturated heterocycles. The largest absolute Gasteiger partial charge is 0.329 e. The summed E-state index contributed by atoms with van der Waals surface area (Å²) in [6, 6.07) is 14.4. The Morgan fingerprint density at radius 2 is 1.93 bits per heavy atom. The molecule has 1 fully saturated rings. The van der Waals surface area contributed by atoms with Crippen molar-refractivity contribution >= 4 is 28.4 Å². The number of nitrogens with one attached hydrogen (secondary N) is 1. The third kappa shape index (κ3) is 2.95. The molecule has 2 aliphatic rings. The van der Waals surface area contributed by atoms with Gasteiger partial charge < -0.3 is 10.2 Å². The maximum atomic E-state index is 13.8. The second kappa shape index (κ2) is 6.65. The summed E-state index contributed by atoms with van der Waals surface area (Å²) >= 11 is 0. The minimum absolute atomic E-state index is 0.0210. The summed E-state index contributed by atoms with van der Waals surface area (Å²) in [5.41, 5.74) is 3.01. The lowest BCUT2D eigenvalue weighted by Crippen LogP contribution is -2.53. The number of amides is 2. The van der Waals surface area contributed by atoms with Gasteiger partial charge in [0.15, 0.2) is 0 Å². The average Bonchev–Trinajstić information content (AvgIpc) is 2.71. The Kier molecular flexibility index (Phi) is 4.08. The van der Waals surface area contributed by atoms with Crippen LogP contribution in [0, 0.1) is 5.82 Å². The molecule has 1 aromatic heterocycles. The molecule has 1 spiro atoms. The van der Waals surface area contributed by atoms with Crippen LogP contribution in [-0.4, -0.2) is 28.2 Å². The van der Waals surface area contributed by atoms with Gasteiger partial charge in [0.25, 0.3) is 0 Å². The minimum atomic E-state index is -0.698. The minimum Gasteiger partial charge on any atom is -0.329 e. The first-order chi connectivity index (χ1) is 14.1. The zero-order valence-corrected chi connectivity index (χ0v) is 15.8. The lowest BCUT2D eigenvalue weighted by Gasteiger charge is -2.49. The van der Waals surface area contributed by atoms with Gasteiger partial charge in [-0.05, 0) is 36.1 Å². The van der Waals surface area contributed by atoms with E-state index in [1.807, 2.05) is 18.2 Å². The van der Waals surface area contributed by atoms with Crippen LogP contribution in [0.5, 0.6) is 0 Å². The zero-order chi connectivity index (χ0) is 20.0. The molecule has 2 aromatic carbocycles. The maximum absolute atomic E-state index is 13.8. The molecule has 2 amide bonds. The summed E-state index contributed by atoms with van der Waals surface area (Å²) in [6.45, 7) is 1.00. The molecule has 3 aromatic rings. The van der Waals surface area contributed by atoms with Crippen LogP contribution >= 0.6 is 0 Å². The van der Waals surface area contributed by atoms with Crippen molar-refractivity contribution in [3.8, 4) is 0 Å². The van der Waals surface area contributed by atoms with Gasteiger partial charge in [-0.15, -0.1) is 0 Å². The molecule has 2 heterocycles. The van der Waals surface area contributed by atoms with Crippen molar-refractivity contribution in [3.63, 3.8) is 0 Å². The van der Waals surface area contributed by atoms with Gasteiger partial charge in [-0.25, -0.2) is 4.39 Å². The van der Waals surface area contributed by atoms with Crippen molar-refractivity contribution in [2.24, 2.45) is 0 Å². The van der Waals surface area contributed by atoms with E-state index in [1.165, 1.54) is 17.8 Å². The molecule has 0 atom stereocenters. The summed E-state index contributed by atoms with van der Waals surface area (Å²) in [6.07, 6.45) is 4.59. The predicted molar refractivity (Wildman–Crippen MR) is 108 cm³/mol. The Hall–Kier alpha value is -3.28. The molecule has 29 heavy (non-hydrogen) atoms. The number of nitrogens with zero attached hydrogens (tertiary/aromatic N) is 2. The van der Waals surface area contributed by atoms with Gasteiger partial charge in [-0.1, -0.05) is 42.8 Å². The zero-order valence-electron chi connectivity index (χ0n) is 15.8. The topological polar surface area (TPSA) is 62.3 Å². The van der Waals surface area contributed by atoms with Gasteiger partial charge >= 0.3 is 11.8 Å². The van der Waals surface area contributed by atoms with E-state index in [2.05, 4.69) is 16.4 Å². The van der Waals surface area contributed by atoms with E-state index in [4.69, 9.17) is 0 Å². The number of benzene rings is 2. The normalized spacial score (nSPS) is 16.9. The van der Waals surface area contributed by atoms with Crippen LogP contribution in [0.25, 0.3) is 10.9 Å². The van der Waals surface area contributed by atoms with Crippen LogP contribution in [0.1, 0.15) is 30.4 Å². The van der Waals surface area contributed by atoms with Crippen molar-refractivity contribution in [1.29, 1.82) is 0 Å². The van der Waals surface area contributed by atoms with E-state index >= 15 is 0 Å². The van der Waals surface area contributed by atoms with E-state index in [0.29, 0.717) is 24.2 Å². The quantitative estimate of drug-likeness (QED) is 0.645. The Morgan fingerprint density at radius 3 is 2.72 bits per heavy atom. The number of anilines is 1. The molecule has 0 bridgehead atoms. The second-order valence-corrected chi connectivity index (χ2v) is 7.94. The van der Waals surface area contributed by atoms with Crippen LogP contribution in [-0.2, 0) is 21.5 Å². The summed E-state index contributed by atoms with van der Waals surface area (Å²) < 4.78 is 13.8. The molecule has 1 aliphatic carbocycles. The Balaban J connectivity index is 1.36. The van der Waals surface area contributed by atoms with Crippen LogP contribution in [0.2, 0.25) is 0 Å². The lowest BCUT2D eigenvalue weighted by atomic mass is 9.61. The summed E-state index contributed by atoms with van der Waals surface area (Å²) in [7, 11) is 0. The molecular formula is C23H20FN3O2. The highest BCUT2D eigenvalue weighted by molar-refractivity contribution is 6.39. The first kappa shape index (κ1) is 17.8. The fraction of sp³-hybridized carbons (Fsp3) is 0.261. The molecule has 0 radical (unpaired) electrons. The highest BCUT2D eigenvalue weighted by atomic mass is 19.1. The highest BCUT2D eigenvalue weighted by Crippen LogP contribution is 2.48. The third-order valence-corrected chi connectivity index (χ3v) is 6.16. The Morgan fingerprint density at radius 1 is 1.10 bits per heavy atom. The summed E-state index contributed by atoms with van der Waals surface area (Å²) in [5, 5.41) is 3.19. The molecule has 5 rings (SSSR count). The number of aromatic nitrogens is 1. The molecular weight excluding hydrogens is 369 g/mol. The molecule has 1 saturated carbocycles. The van der Waals surface area contributed by atoms with Crippen molar-refractivity contribution < 1.29 is 14.0 Å². The molecule has 0 unspecified atom stereocenters. The number of carbonyl (C=O) groups excluding carboxylic acids is 2. The second-order valence-electron chi connectivity index (χ2n) is 7.94. The number of rotatable bonds is 1. The highest BCUT2D eigenvalue weighted by Gasteiger charge is 2.45. The van der Waals surface area contributed by atoms with E-state index in [9.17, 15) is 14.0 Å². The summed E-state index contributed by atoms with van der Waals surface area (Å²) in [4.78, 5) is 31.2. The van der Waals surface area contributed by atoms with Gasteiger partial charge in [0.05, 0.1) is 11.9 Å². The smallest absolute Gasteiger partial charge is 0.313 e. The first-order valence-electron chi connectivity index (χ1n) is 9.79. The number of pyridine rings is 1. The molecule has 146 valence electrons. The maximum Gasteiger partial charge on any atom is 0.313 e. The Bertz CT molecular complexity index is 1140. The SMILES string of the molecule is O=C(Nc1cnc2c(F)cccc2c1)C(=O)N1Cc2ccccc2C2(CCC2)C1. The molecule has 5 nitrogen and oxygen atoms in total.